The van der Waals surface area contributed by atoms with Crippen LogP contribution in [-0.4, -0.2) is 29.4 Å². The van der Waals surface area contributed by atoms with E-state index >= 15 is 0 Å². The van der Waals surface area contributed by atoms with E-state index in [9.17, 15) is 0 Å². The fourth-order valence-corrected chi connectivity index (χ4v) is 2.00. The van der Waals surface area contributed by atoms with Crippen LogP contribution in [0.4, 0.5) is 0 Å². The molecule has 0 radical (unpaired) electrons. The summed E-state index contributed by atoms with van der Waals surface area (Å²) < 4.78 is 4.31. The highest BCUT2D eigenvalue weighted by Gasteiger charge is 2.08. The zero-order valence-corrected chi connectivity index (χ0v) is 9.32. The Kier molecular flexibility index (Phi) is 3.84. The van der Waals surface area contributed by atoms with Crippen LogP contribution in [0.3, 0.4) is 0 Å². The number of nitrogens with two attached hydrogens (primary N) is 1. The highest BCUT2D eigenvalue weighted by molar-refractivity contribution is 7.05. The largest absolute Gasteiger partial charge is 0.329 e. The van der Waals surface area contributed by atoms with Gasteiger partial charge >= 0.3 is 0 Å². The molecule has 0 saturated carbocycles. The molecule has 1 heterocycles. The molecule has 0 fully saturated rings. The van der Waals surface area contributed by atoms with Crippen LogP contribution >= 0.6 is 11.5 Å². The first-order chi connectivity index (χ1) is 6.15. The SMILES string of the molecule is Cc1nsc(C)c1CN(C)CCN. The van der Waals surface area contributed by atoms with Crippen molar-refractivity contribution in [3.05, 3.63) is 16.1 Å². The van der Waals surface area contributed by atoms with Crippen molar-refractivity contribution in [3.63, 3.8) is 0 Å². The van der Waals surface area contributed by atoms with Crippen LogP contribution in [0.5, 0.6) is 0 Å². The van der Waals surface area contributed by atoms with E-state index in [1.807, 2.05) is 0 Å². The number of aryl methyl sites for hydroxylation is 2. The Morgan fingerprint density at radius 1 is 1.46 bits per heavy atom. The maximum Gasteiger partial charge on any atom is 0.0559 e. The van der Waals surface area contributed by atoms with Crippen molar-refractivity contribution in [2.75, 3.05) is 20.1 Å². The Balaban J connectivity index is 2.62. The molecule has 0 atom stereocenters. The Morgan fingerprint density at radius 2 is 2.15 bits per heavy atom. The molecule has 0 unspecified atom stereocenters. The molecular weight excluding hydrogens is 182 g/mol. The summed E-state index contributed by atoms with van der Waals surface area (Å²) in [5.74, 6) is 0. The summed E-state index contributed by atoms with van der Waals surface area (Å²) in [6, 6.07) is 0. The average molecular weight is 199 g/mol. The van der Waals surface area contributed by atoms with Crippen molar-refractivity contribution >= 4 is 11.5 Å². The quantitative estimate of drug-likeness (QED) is 0.791. The molecule has 0 aromatic carbocycles. The minimum absolute atomic E-state index is 0.714. The Hall–Kier alpha value is -0.450. The summed E-state index contributed by atoms with van der Waals surface area (Å²) in [7, 11) is 2.09. The normalized spacial score (nSPS) is 11.2. The van der Waals surface area contributed by atoms with Crippen LogP contribution < -0.4 is 5.73 Å². The molecule has 0 saturated heterocycles. The molecule has 1 rings (SSSR count). The van der Waals surface area contributed by atoms with Gasteiger partial charge in [-0.25, -0.2) is 0 Å². The molecule has 0 amide bonds. The third-order valence-corrected chi connectivity index (χ3v) is 3.01. The summed E-state index contributed by atoms with van der Waals surface area (Å²) in [4.78, 5) is 3.55. The lowest BCUT2D eigenvalue weighted by Gasteiger charge is -2.15. The molecule has 1 aromatic rings. The number of likely N-dealkylation sites (N-methyl/N-ethyl adjacent to an activating group) is 1. The zero-order valence-electron chi connectivity index (χ0n) is 8.50. The van der Waals surface area contributed by atoms with Gasteiger partial charge in [0.2, 0.25) is 0 Å². The monoisotopic (exact) mass is 199 g/mol. The van der Waals surface area contributed by atoms with E-state index in [-0.39, 0.29) is 0 Å². The van der Waals surface area contributed by atoms with Crippen molar-refractivity contribution in [2.24, 2.45) is 5.73 Å². The predicted molar refractivity (Wildman–Crippen MR) is 57.0 cm³/mol. The van der Waals surface area contributed by atoms with Gasteiger partial charge in [0.25, 0.3) is 0 Å². The lowest BCUT2D eigenvalue weighted by molar-refractivity contribution is 0.335. The Labute approximate surface area is 83.7 Å². The predicted octanol–water partition coefficient (Wildman–Crippen LogP) is 1.15. The van der Waals surface area contributed by atoms with Gasteiger partial charge < -0.3 is 10.6 Å². The van der Waals surface area contributed by atoms with Gasteiger partial charge in [0.1, 0.15) is 0 Å². The second-order valence-electron chi connectivity index (χ2n) is 3.33. The molecule has 0 aliphatic rings. The van der Waals surface area contributed by atoms with Gasteiger partial charge in [-0.3, -0.25) is 0 Å². The van der Waals surface area contributed by atoms with Crippen molar-refractivity contribution in [2.45, 2.75) is 20.4 Å². The maximum atomic E-state index is 5.48. The van der Waals surface area contributed by atoms with Gasteiger partial charge in [0.05, 0.1) is 5.69 Å². The summed E-state index contributed by atoms with van der Waals surface area (Å²) in [6.07, 6.45) is 0. The molecular formula is C9H17N3S. The fraction of sp³-hybridized carbons (Fsp3) is 0.667. The first-order valence-electron chi connectivity index (χ1n) is 4.45. The molecule has 0 spiro atoms. The van der Waals surface area contributed by atoms with E-state index in [1.54, 1.807) is 11.5 Å². The molecule has 74 valence electrons. The molecule has 0 bridgehead atoms. The van der Waals surface area contributed by atoms with E-state index in [2.05, 4.69) is 30.2 Å². The summed E-state index contributed by atoms with van der Waals surface area (Å²) in [5, 5.41) is 0. The highest BCUT2D eigenvalue weighted by atomic mass is 32.1. The lowest BCUT2D eigenvalue weighted by Crippen LogP contribution is -2.25. The molecule has 3 nitrogen and oxygen atoms in total. The standard InChI is InChI=1S/C9H17N3S/c1-7-9(8(2)13-11-7)6-12(3)5-4-10/h4-6,10H2,1-3H3. The molecule has 0 aliphatic carbocycles. The van der Waals surface area contributed by atoms with Crippen LogP contribution in [0.2, 0.25) is 0 Å². The maximum absolute atomic E-state index is 5.48. The Morgan fingerprint density at radius 3 is 2.62 bits per heavy atom. The second-order valence-corrected chi connectivity index (χ2v) is 4.31. The zero-order chi connectivity index (χ0) is 9.84. The van der Waals surface area contributed by atoms with Crippen LogP contribution in [0.15, 0.2) is 0 Å². The van der Waals surface area contributed by atoms with Crippen LogP contribution in [0.25, 0.3) is 0 Å². The summed E-state index contributed by atoms with van der Waals surface area (Å²) in [6.45, 7) is 6.80. The number of nitrogens with zero attached hydrogens (tertiary/aromatic N) is 2. The van der Waals surface area contributed by atoms with Crippen molar-refractivity contribution in [3.8, 4) is 0 Å². The van der Waals surface area contributed by atoms with Crippen molar-refractivity contribution in [1.29, 1.82) is 0 Å². The van der Waals surface area contributed by atoms with Gasteiger partial charge in [-0.15, -0.1) is 0 Å². The van der Waals surface area contributed by atoms with E-state index < -0.39 is 0 Å². The molecule has 4 heteroatoms. The smallest absolute Gasteiger partial charge is 0.0559 e. The number of hydrogen-bond donors (Lipinski definition) is 1. The van der Waals surface area contributed by atoms with Gasteiger partial charge in [-0.2, -0.15) is 4.37 Å². The number of hydrogen-bond acceptors (Lipinski definition) is 4. The fourth-order valence-electron chi connectivity index (χ4n) is 1.30. The number of rotatable bonds is 4. The van der Waals surface area contributed by atoms with E-state index in [0.29, 0.717) is 6.54 Å². The topological polar surface area (TPSA) is 42.2 Å². The first-order valence-corrected chi connectivity index (χ1v) is 5.23. The molecule has 1 aromatic heterocycles. The Bertz CT molecular complexity index is 250. The van der Waals surface area contributed by atoms with Crippen molar-refractivity contribution in [1.82, 2.24) is 9.27 Å². The third kappa shape index (κ3) is 2.76. The van der Waals surface area contributed by atoms with Crippen LogP contribution in [0.1, 0.15) is 16.1 Å². The minimum atomic E-state index is 0.714. The first kappa shape index (κ1) is 10.6. The average Bonchev–Trinajstić information content (AvgIpc) is 2.36. The third-order valence-electron chi connectivity index (χ3n) is 2.12. The summed E-state index contributed by atoms with van der Waals surface area (Å²) in [5.41, 5.74) is 8.00. The van der Waals surface area contributed by atoms with E-state index in [4.69, 9.17) is 5.73 Å². The van der Waals surface area contributed by atoms with E-state index in [1.165, 1.54) is 10.4 Å². The van der Waals surface area contributed by atoms with Gasteiger partial charge in [-0.1, -0.05) is 0 Å². The van der Waals surface area contributed by atoms with E-state index in [0.717, 1.165) is 18.8 Å². The van der Waals surface area contributed by atoms with Gasteiger partial charge in [0, 0.05) is 30.1 Å². The second kappa shape index (κ2) is 4.69. The van der Waals surface area contributed by atoms with Crippen molar-refractivity contribution < 1.29 is 0 Å². The lowest BCUT2D eigenvalue weighted by atomic mass is 10.2. The van der Waals surface area contributed by atoms with Gasteiger partial charge in [-0.05, 0) is 32.4 Å². The summed E-state index contributed by atoms with van der Waals surface area (Å²) >= 11 is 1.58. The molecule has 2 N–H and O–H groups in total. The van der Waals surface area contributed by atoms with Crippen LogP contribution in [-0.2, 0) is 6.54 Å². The highest BCUT2D eigenvalue weighted by Crippen LogP contribution is 2.18. The minimum Gasteiger partial charge on any atom is -0.329 e. The molecule has 13 heavy (non-hydrogen) atoms. The van der Waals surface area contributed by atoms with Gasteiger partial charge in [0.15, 0.2) is 0 Å². The van der Waals surface area contributed by atoms with Crippen LogP contribution in [0, 0.1) is 13.8 Å². The molecule has 0 aliphatic heterocycles. The number of aromatic nitrogens is 1.